The number of allylic oxidation sites excluding steroid dienone is 3. The number of carbonyl (C=O) groups is 1. The maximum atomic E-state index is 9.97. The van der Waals surface area contributed by atoms with Gasteiger partial charge in [-0.1, -0.05) is 23.8 Å². The number of rotatable bonds is 2. The van der Waals surface area contributed by atoms with Crippen molar-refractivity contribution >= 4 is 17.6 Å². The molecule has 0 rings (SSSR count). The number of hydrogen-bond donors (Lipinski definition) is 1. The highest BCUT2D eigenvalue weighted by Gasteiger charge is 1.98. The highest BCUT2D eigenvalue weighted by Crippen LogP contribution is 1.99. The zero-order valence-corrected chi connectivity index (χ0v) is 5.72. The smallest absolute Gasteiger partial charge is 0.347 e. The van der Waals surface area contributed by atoms with Crippen LogP contribution in [0.25, 0.3) is 0 Å². The fraction of sp³-hybridized carbons (Fsp3) is 0.167. The Morgan fingerprint density at radius 1 is 1.67 bits per heavy atom. The first-order valence-corrected chi connectivity index (χ1v) is 2.78. The van der Waals surface area contributed by atoms with Crippen LogP contribution in [0.4, 0.5) is 0 Å². The van der Waals surface area contributed by atoms with Crippen LogP contribution in [0.1, 0.15) is 6.92 Å². The molecule has 0 bridgehead atoms. The zero-order valence-electron chi connectivity index (χ0n) is 4.97. The van der Waals surface area contributed by atoms with Crippen LogP contribution in [-0.2, 0) is 4.79 Å². The van der Waals surface area contributed by atoms with Gasteiger partial charge in [0, 0.05) is 0 Å². The fourth-order valence-corrected chi connectivity index (χ4v) is 0.325. The Balaban J connectivity index is 4.00. The molecule has 0 unspecified atom stereocenters. The van der Waals surface area contributed by atoms with Crippen molar-refractivity contribution in [3.63, 3.8) is 0 Å². The summed E-state index contributed by atoms with van der Waals surface area (Å²) in [4.78, 5) is 9.97. The Kier molecular flexibility index (Phi) is 3.80. The molecule has 0 atom stereocenters. The molecule has 0 fully saturated rings. The van der Waals surface area contributed by atoms with Crippen molar-refractivity contribution in [2.75, 3.05) is 0 Å². The minimum absolute atomic E-state index is 0.173. The van der Waals surface area contributed by atoms with E-state index in [0.717, 1.165) is 0 Å². The predicted molar refractivity (Wildman–Crippen MR) is 36.4 cm³/mol. The minimum Gasteiger partial charge on any atom is -0.477 e. The first-order valence-electron chi connectivity index (χ1n) is 2.40. The highest BCUT2D eigenvalue weighted by atomic mass is 35.5. The molecule has 0 aliphatic carbocycles. The summed E-state index contributed by atoms with van der Waals surface area (Å²) < 4.78 is 0. The molecule has 0 aromatic carbocycles. The van der Waals surface area contributed by atoms with Crippen molar-refractivity contribution in [3.8, 4) is 0 Å². The maximum Gasteiger partial charge on any atom is 0.347 e. The molecule has 0 aliphatic rings. The van der Waals surface area contributed by atoms with E-state index in [4.69, 9.17) is 16.7 Å². The van der Waals surface area contributed by atoms with E-state index >= 15 is 0 Å². The zero-order chi connectivity index (χ0) is 7.28. The van der Waals surface area contributed by atoms with Crippen LogP contribution in [0.5, 0.6) is 0 Å². The fourth-order valence-electron chi connectivity index (χ4n) is 0.252. The van der Waals surface area contributed by atoms with Gasteiger partial charge in [0.2, 0.25) is 0 Å². The van der Waals surface area contributed by atoms with E-state index in [9.17, 15) is 4.79 Å². The number of halogens is 1. The minimum atomic E-state index is -1.10. The Hall–Kier alpha value is -0.760. The first-order chi connectivity index (χ1) is 4.18. The number of hydrogen-bond acceptors (Lipinski definition) is 1. The van der Waals surface area contributed by atoms with Crippen LogP contribution in [0.15, 0.2) is 23.3 Å². The number of aliphatic carboxylic acids is 1. The topological polar surface area (TPSA) is 37.3 Å². The van der Waals surface area contributed by atoms with Crippen LogP contribution >= 0.6 is 11.6 Å². The van der Waals surface area contributed by atoms with Crippen LogP contribution in [0.2, 0.25) is 0 Å². The predicted octanol–water partition coefficient (Wildman–Crippen LogP) is 1.77. The third-order valence-electron chi connectivity index (χ3n) is 0.639. The van der Waals surface area contributed by atoms with Gasteiger partial charge >= 0.3 is 5.97 Å². The summed E-state index contributed by atoms with van der Waals surface area (Å²) in [6.45, 7) is 1.78. The summed E-state index contributed by atoms with van der Waals surface area (Å²) in [6, 6.07) is 0. The van der Waals surface area contributed by atoms with Gasteiger partial charge in [-0.3, -0.25) is 0 Å². The lowest BCUT2D eigenvalue weighted by Gasteiger charge is -1.82. The van der Waals surface area contributed by atoms with Gasteiger partial charge in [-0.05, 0) is 13.0 Å². The van der Waals surface area contributed by atoms with E-state index in [1.165, 1.54) is 6.08 Å². The molecular weight excluding hydrogens is 140 g/mol. The highest BCUT2D eigenvalue weighted by molar-refractivity contribution is 6.41. The van der Waals surface area contributed by atoms with Crippen molar-refractivity contribution in [2.24, 2.45) is 0 Å². The molecule has 0 heterocycles. The third kappa shape index (κ3) is 3.79. The summed E-state index contributed by atoms with van der Waals surface area (Å²) in [5.74, 6) is -1.10. The van der Waals surface area contributed by atoms with E-state index in [2.05, 4.69) is 0 Å². The maximum absolute atomic E-state index is 9.97. The standard InChI is InChI=1S/C6H7ClO2/c1-2-3-4-5(7)6(8)9/h2-4H,1H3,(H,8,9). The molecular formula is C6H7ClO2. The lowest BCUT2D eigenvalue weighted by molar-refractivity contribution is -0.131. The summed E-state index contributed by atoms with van der Waals surface area (Å²) >= 11 is 5.20. The SMILES string of the molecule is CC=CC=C(Cl)C(=O)O. The second-order valence-electron chi connectivity index (χ2n) is 1.35. The Morgan fingerprint density at radius 2 is 2.22 bits per heavy atom. The molecule has 0 spiro atoms. The molecule has 0 radical (unpaired) electrons. The largest absolute Gasteiger partial charge is 0.477 e. The molecule has 1 N–H and O–H groups in total. The normalized spacial score (nSPS) is 12.4. The van der Waals surface area contributed by atoms with E-state index in [1.807, 2.05) is 0 Å². The quantitative estimate of drug-likeness (QED) is 0.476. The third-order valence-corrected chi connectivity index (χ3v) is 0.927. The Morgan fingerprint density at radius 3 is 2.56 bits per heavy atom. The van der Waals surface area contributed by atoms with Crippen LogP contribution in [0.3, 0.4) is 0 Å². The molecule has 2 nitrogen and oxygen atoms in total. The van der Waals surface area contributed by atoms with Gasteiger partial charge in [-0.25, -0.2) is 4.79 Å². The van der Waals surface area contributed by atoms with E-state index in [0.29, 0.717) is 0 Å². The van der Waals surface area contributed by atoms with Gasteiger partial charge in [0.25, 0.3) is 0 Å². The van der Waals surface area contributed by atoms with Crippen molar-refractivity contribution in [1.82, 2.24) is 0 Å². The van der Waals surface area contributed by atoms with E-state index < -0.39 is 5.97 Å². The summed E-state index contributed by atoms with van der Waals surface area (Å²) in [6.07, 6.45) is 4.59. The van der Waals surface area contributed by atoms with E-state index in [1.54, 1.807) is 19.1 Å². The van der Waals surface area contributed by atoms with Crippen molar-refractivity contribution in [2.45, 2.75) is 6.92 Å². The van der Waals surface area contributed by atoms with Gasteiger partial charge in [0.1, 0.15) is 5.03 Å². The van der Waals surface area contributed by atoms with Crippen LogP contribution in [0, 0.1) is 0 Å². The molecule has 0 aromatic heterocycles. The van der Waals surface area contributed by atoms with Gasteiger partial charge < -0.3 is 5.11 Å². The summed E-state index contributed by atoms with van der Waals surface area (Å²) in [5.41, 5.74) is 0. The molecule has 0 saturated heterocycles. The average Bonchev–Trinajstić information content (AvgIpc) is 1.82. The van der Waals surface area contributed by atoms with Gasteiger partial charge in [0.05, 0.1) is 0 Å². The Bertz CT molecular complexity index is 158. The van der Waals surface area contributed by atoms with E-state index in [-0.39, 0.29) is 5.03 Å². The number of carboxylic acids is 1. The molecule has 0 aliphatic heterocycles. The second-order valence-corrected chi connectivity index (χ2v) is 1.75. The molecule has 0 aromatic rings. The lowest BCUT2D eigenvalue weighted by Crippen LogP contribution is -1.91. The monoisotopic (exact) mass is 146 g/mol. The molecule has 3 heteroatoms. The van der Waals surface area contributed by atoms with Gasteiger partial charge in [-0.15, -0.1) is 0 Å². The summed E-state index contributed by atoms with van der Waals surface area (Å²) in [5, 5.41) is 8.00. The van der Waals surface area contributed by atoms with Gasteiger partial charge in [-0.2, -0.15) is 0 Å². The second kappa shape index (κ2) is 4.15. The number of carboxylic acid groups (broad SMARTS) is 1. The Labute approximate surface area is 58.4 Å². The average molecular weight is 147 g/mol. The van der Waals surface area contributed by atoms with Gasteiger partial charge in [0.15, 0.2) is 0 Å². The first kappa shape index (κ1) is 8.24. The van der Waals surface area contributed by atoms with Crippen molar-refractivity contribution in [3.05, 3.63) is 23.3 Å². The molecule has 0 saturated carbocycles. The lowest BCUT2D eigenvalue weighted by atomic mass is 10.4. The molecule has 0 amide bonds. The molecule has 9 heavy (non-hydrogen) atoms. The summed E-state index contributed by atoms with van der Waals surface area (Å²) in [7, 11) is 0. The van der Waals surface area contributed by atoms with Crippen molar-refractivity contribution < 1.29 is 9.90 Å². The van der Waals surface area contributed by atoms with Crippen LogP contribution in [-0.4, -0.2) is 11.1 Å². The van der Waals surface area contributed by atoms with Crippen LogP contribution < -0.4 is 0 Å². The molecule has 50 valence electrons. The van der Waals surface area contributed by atoms with Crippen molar-refractivity contribution in [1.29, 1.82) is 0 Å².